The molecule has 1 atom stereocenters. The van der Waals surface area contributed by atoms with Gasteiger partial charge >= 0.3 is 12.1 Å². The highest BCUT2D eigenvalue weighted by Gasteiger charge is 2.57. The molecule has 2 fully saturated rings. The molecule has 2 heterocycles. The minimum Gasteiger partial charge on any atom is -0.454 e. The molecular formula is C14H21NO5. The molecule has 0 aromatic carbocycles. The number of nitrogens with zero attached hydrogens (tertiary/aromatic N) is 1. The second-order valence-corrected chi connectivity index (χ2v) is 6.46. The molecule has 0 aromatic heterocycles. The SMILES string of the molecule is C[C@@H]1OC(=O)C2(CCN(C(=O)OC(C)(C)C)CC2)C1=O. The third kappa shape index (κ3) is 2.51. The zero-order valence-electron chi connectivity index (χ0n) is 12.4. The van der Waals surface area contributed by atoms with Gasteiger partial charge in [-0.2, -0.15) is 0 Å². The van der Waals surface area contributed by atoms with Crippen molar-refractivity contribution < 1.29 is 23.9 Å². The van der Waals surface area contributed by atoms with Crippen molar-refractivity contribution in [3.05, 3.63) is 0 Å². The molecular weight excluding hydrogens is 262 g/mol. The number of hydrogen-bond donors (Lipinski definition) is 0. The zero-order chi connectivity index (χ0) is 15.1. The van der Waals surface area contributed by atoms with Crippen LogP contribution in [0.1, 0.15) is 40.5 Å². The van der Waals surface area contributed by atoms with Crippen LogP contribution in [0.2, 0.25) is 0 Å². The molecule has 0 radical (unpaired) electrons. The van der Waals surface area contributed by atoms with E-state index in [9.17, 15) is 14.4 Å². The molecule has 112 valence electrons. The quantitative estimate of drug-likeness (QED) is 0.498. The summed E-state index contributed by atoms with van der Waals surface area (Å²) < 4.78 is 10.3. The van der Waals surface area contributed by atoms with Gasteiger partial charge in [0, 0.05) is 13.1 Å². The summed E-state index contributed by atoms with van der Waals surface area (Å²) >= 11 is 0. The van der Waals surface area contributed by atoms with Crippen LogP contribution in [0, 0.1) is 5.41 Å². The standard InChI is InChI=1S/C14H21NO5/c1-9-10(16)14(11(17)19-9)5-7-15(8-6-14)12(18)20-13(2,3)4/h9H,5-8H2,1-4H3/t9-/m0/s1. The summed E-state index contributed by atoms with van der Waals surface area (Å²) in [5.74, 6) is -0.606. The van der Waals surface area contributed by atoms with Crippen molar-refractivity contribution in [2.75, 3.05) is 13.1 Å². The Balaban J connectivity index is 2.01. The molecule has 20 heavy (non-hydrogen) atoms. The van der Waals surface area contributed by atoms with Gasteiger partial charge in [0.2, 0.25) is 0 Å². The molecule has 1 spiro atoms. The van der Waals surface area contributed by atoms with E-state index >= 15 is 0 Å². The Morgan fingerprint density at radius 1 is 1.30 bits per heavy atom. The highest BCUT2D eigenvalue weighted by molar-refractivity contribution is 6.10. The van der Waals surface area contributed by atoms with Crippen LogP contribution in [0.25, 0.3) is 0 Å². The van der Waals surface area contributed by atoms with E-state index in [4.69, 9.17) is 9.47 Å². The molecule has 2 aliphatic heterocycles. The highest BCUT2D eigenvalue weighted by atomic mass is 16.6. The monoisotopic (exact) mass is 283 g/mol. The summed E-state index contributed by atoms with van der Waals surface area (Å²) in [6.45, 7) is 7.67. The van der Waals surface area contributed by atoms with Crippen molar-refractivity contribution in [3.8, 4) is 0 Å². The number of esters is 1. The average molecular weight is 283 g/mol. The lowest BCUT2D eigenvalue weighted by Crippen LogP contribution is -2.49. The topological polar surface area (TPSA) is 72.9 Å². The van der Waals surface area contributed by atoms with Crippen LogP contribution in [-0.4, -0.2) is 47.5 Å². The molecule has 0 unspecified atom stereocenters. The number of hydrogen-bond acceptors (Lipinski definition) is 5. The number of carbonyl (C=O) groups excluding carboxylic acids is 3. The number of rotatable bonds is 0. The third-order valence-electron chi connectivity index (χ3n) is 3.78. The van der Waals surface area contributed by atoms with E-state index in [1.165, 1.54) is 0 Å². The molecule has 0 N–H and O–H groups in total. The summed E-state index contributed by atoms with van der Waals surface area (Å²) in [6.07, 6.45) is -0.447. The smallest absolute Gasteiger partial charge is 0.410 e. The van der Waals surface area contributed by atoms with Crippen molar-refractivity contribution >= 4 is 17.8 Å². The Morgan fingerprint density at radius 3 is 2.25 bits per heavy atom. The number of cyclic esters (lactones) is 1. The Morgan fingerprint density at radius 2 is 1.85 bits per heavy atom. The Labute approximate surface area is 118 Å². The first-order valence-electron chi connectivity index (χ1n) is 6.89. The van der Waals surface area contributed by atoms with E-state index < -0.39 is 29.2 Å². The maximum Gasteiger partial charge on any atom is 0.410 e. The predicted molar refractivity (Wildman–Crippen MR) is 70.0 cm³/mol. The van der Waals surface area contributed by atoms with Gasteiger partial charge < -0.3 is 14.4 Å². The normalized spacial score (nSPS) is 25.8. The lowest BCUT2D eigenvalue weighted by Gasteiger charge is -2.36. The molecule has 0 saturated carbocycles. The molecule has 0 bridgehead atoms. The molecule has 1 amide bonds. The minimum atomic E-state index is -1.04. The van der Waals surface area contributed by atoms with Crippen LogP contribution < -0.4 is 0 Å². The van der Waals surface area contributed by atoms with Crippen LogP contribution in [0.3, 0.4) is 0 Å². The van der Waals surface area contributed by atoms with E-state index in [0.717, 1.165) is 0 Å². The Kier molecular flexibility index (Phi) is 3.52. The Hall–Kier alpha value is -1.59. The van der Waals surface area contributed by atoms with E-state index in [2.05, 4.69) is 0 Å². The summed E-state index contributed by atoms with van der Waals surface area (Å²) in [7, 11) is 0. The maximum absolute atomic E-state index is 12.1. The van der Waals surface area contributed by atoms with E-state index in [0.29, 0.717) is 25.9 Å². The first-order chi connectivity index (χ1) is 9.16. The number of ether oxygens (including phenoxy) is 2. The fourth-order valence-corrected chi connectivity index (χ4v) is 2.66. The number of ketones is 1. The number of piperidine rings is 1. The number of likely N-dealkylation sites (tertiary alicyclic amines) is 1. The maximum atomic E-state index is 12.1. The molecule has 6 heteroatoms. The van der Waals surface area contributed by atoms with E-state index in [-0.39, 0.29) is 5.78 Å². The highest BCUT2D eigenvalue weighted by Crippen LogP contribution is 2.40. The van der Waals surface area contributed by atoms with Crippen molar-refractivity contribution in [1.82, 2.24) is 4.90 Å². The largest absolute Gasteiger partial charge is 0.454 e. The van der Waals surface area contributed by atoms with Crippen LogP contribution in [-0.2, 0) is 19.1 Å². The van der Waals surface area contributed by atoms with Crippen molar-refractivity contribution in [3.63, 3.8) is 0 Å². The molecule has 2 saturated heterocycles. The van der Waals surface area contributed by atoms with Gasteiger partial charge in [-0.15, -0.1) is 0 Å². The number of amides is 1. The predicted octanol–water partition coefficient (Wildman–Crippen LogP) is 1.52. The van der Waals surface area contributed by atoms with Gasteiger partial charge in [-0.1, -0.05) is 0 Å². The number of carbonyl (C=O) groups is 3. The van der Waals surface area contributed by atoms with E-state index in [1.807, 2.05) is 0 Å². The summed E-state index contributed by atoms with van der Waals surface area (Å²) in [5, 5.41) is 0. The van der Waals surface area contributed by atoms with Crippen molar-refractivity contribution in [1.29, 1.82) is 0 Å². The lowest BCUT2D eigenvalue weighted by atomic mass is 9.75. The van der Waals surface area contributed by atoms with Crippen molar-refractivity contribution in [2.45, 2.75) is 52.2 Å². The first-order valence-corrected chi connectivity index (χ1v) is 6.89. The summed E-state index contributed by atoms with van der Waals surface area (Å²) in [4.78, 5) is 37.5. The van der Waals surface area contributed by atoms with Crippen LogP contribution in [0.4, 0.5) is 4.79 Å². The average Bonchev–Trinajstić information content (AvgIpc) is 2.53. The van der Waals surface area contributed by atoms with Gasteiger partial charge in [0.05, 0.1) is 0 Å². The van der Waals surface area contributed by atoms with Gasteiger partial charge in [-0.25, -0.2) is 4.79 Å². The van der Waals surface area contributed by atoms with Gasteiger partial charge in [-0.05, 0) is 40.5 Å². The molecule has 2 aliphatic rings. The van der Waals surface area contributed by atoms with Crippen LogP contribution in [0.5, 0.6) is 0 Å². The van der Waals surface area contributed by atoms with Gasteiger partial charge in [-0.3, -0.25) is 9.59 Å². The van der Waals surface area contributed by atoms with Gasteiger partial charge in [0.25, 0.3) is 0 Å². The van der Waals surface area contributed by atoms with Crippen LogP contribution in [0.15, 0.2) is 0 Å². The Bertz CT molecular complexity index is 443. The second-order valence-electron chi connectivity index (χ2n) is 6.46. The molecule has 2 rings (SSSR count). The van der Waals surface area contributed by atoms with Gasteiger partial charge in [0.15, 0.2) is 11.9 Å². The fourth-order valence-electron chi connectivity index (χ4n) is 2.66. The zero-order valence-corrected chi connectivity index (χ0v) is 12.4. The number of Topliss-reactive ketones (excluding diaryl/α,β-unsaturated/α-hetero) is 1. The van der Waals surface area contributed by atoms with Gasteiger partial charge in [0.1, 0.15) is 11.0 Å². The first kappa shape index (κ1) is 14.8. The molecule has 0 aromatic rings. The molecule has 0 aliphatic carbocycles. The van der Waals surface area contributed by atoms with E-state index in [1.54, 1.807) is 32.6 Å². The summed E-state index contributed by atoms with van der Waals surface area (Å²) in [5.41, 5.74) is -1.60. The molecule has 6 nitrogen and oxygen atoms in total. The van der Waals surface area contributed by atoms with Crippen molar-refractivity contribution in [2.24, 2.45) is 5.41 Å². The summed E-state index contributed by atoms with van der Waals surface area (Å²) in [6, 6.07) is 0. The minimum absolute atomic E-state index is 0.161. The second kappa shape index (κ2) is 4.75. The third-order valence-corrected chi connectivity index (χ3v) is 3.78. The van der Waals surface area contributed by atoms with Crippen LogP contribution >= 0.6 is 0 Å². The lowest BCUT2D eigenvalue weighted by molar-refractivity contribution is -0.150. The fraction of sp³-hybridized carbons (Fsp3) is 0.786.